The van der Waals surface area contributed by atoms with Gasteiger partial charge in [0.25, 0.3) is 0 Å². The molecule has 1 atom stereocenters. The van der Waals surface area contributed by atoms with Crippen LogP contribution >= 0.6 is 0 Å². The number of carbonyl (C=O) groups excluding carboxylic acids is 1. The maximum atomic E-state index is 11.4. The lowest BCUT2D eigenvalue weighted by Crippen LogP contribution is -2.10. The first-order valence-corrected chi connectivity index (χ1v) is 5.06. The molecule has 3 nitrogen and oxygen atoms in total. The minimum absolute atomic E-state index is 0.0334. The highest BCUT2D eigenvalue weighted by Gasteiger charge is 2.11. The quantitative estimate of drug-likeness (QED) is 0.565. The number of rotatable bonds is 5. The van der Waals surface area contributed by atoms with E-state index in [0.29, 0.717) is 17.1 Å². The summed E-state index contributed by atoms with van der Waals surface area (Å²) in [4.78, 5) is 11.4. The van der Waals surface area contributed by atoms with E-state index in [0.717, 1.165) is 0 Å². The topological polar surface area (TPSA) is 35.5 Å². The van der Waals surface area contributed by atoms with Gasteiger partial charge in [-0.1, -0.05) is 12.7 Å². The van der Waals surface area contributed by atoms with Gasteiger partial charge < -0.3 is 9.47 Å². The molecule has 0 aliphatic carbocycles. The molecule has 0 bridgehead atoms. The molecule has 3 heteroatoms. The summed E-state index contributed by atoms with van der Waals surface area (Å²) in [5.41, 5.74) is 0.550. The van der Waals surface area contributed by atoms with Crippen molar-refractivity contribution in [1.82, 2.24) is 0 Å². The number of hydrogen-bond donors (Lipinski definition) is 0. The molecule has 0 saturated heterocycles. The van der Waals surface area contributed by atoms with Crippen molar-refractivity contribution in [2.75, 3.05) is 7.11 Å². The predicted molar refractivity (Wildman–Crippen MR) is 63.3 cm³/mol. The van der Waals surface area contributed by atoms with Crippen molar-refractivity contribution in [1.29, 1.82) is 0 Å². The molecule has 0 aliphatic heterocycles. The molecule has 1 rings (SSSR count). The molecule has 0 heterocycles. The van der Waals surface area contributed by atoms with E-state index in [4.69, 9.17) is 9.47 Å². The second-order valence-corrected chi connectivity index (χ2v) is 3.48. The molecule has 0 aromatic heterocycles. The van der Waals surface area contributed by atoms with Gasteiger partial charge in [0.05, 0.1) is 12.7 Å². The average molecular weight is 220 g/mol. The standard InChI is InChI=1S/C13H16O3/c1-5-9(2)16-13-8-11(15-4)6-7-12(13)10(3)14/h5-9H,1H2,2-4H3. The summed E-state index contributed by atoms with van der Waals surface area (Å²) in [7, 11) is 1.57. The van der Waals surface area contributed by atoms with Crippen molar-refractivity contribution in [2.24, 2.45) is 0 Å². The van der Waals surface area contributed by atoms with E-state index in [2.05, 4.69) is 6.58 Å². The Hall–Kier alpha value is -1.77. The van der Waals surface area contributed by atoms with Crippen molar-refractivity contribution in [3.05, 3.63) is 36.4 Å². The minimum Gasteiger partial charge on any atom is -0.497 e. The molecule has 0 saturated carbocycles. The largest absolute Gasteiger partial charge is 0.497 e. The van der Waals surface area contributed by atoms with Crippen LogP contribution < -0.4 is 9.47 Å². The summed E-state index contributed by atoms with van der Waals surface area (Å²) >= 11 is 0. The summed E-state index contributed by atoms with van der Waals surface area (Å²) in [5.74, 6) is 1.16. The predicted octanol–water partition coefficient (Wildman–Crippen LogP) is 2.85. The van der Waals surface area contributed by atoms with Gasteiger partial charge in [-0.3, -0.25) is 4.79 Å². The van der Waals surface area contributed by atoms with Gasteiger partial charge >= 0.3 is 0 Å². The van der Waals surface area contributed by atoms with E-state index in [9.17, 15) is 4.79 Å². The van der Waals surface area contributed by atoms with E-state index >= 15 is 0 Å². The number of methoxy groups -OCH3 is 1. The highest BCUT2D eigenvalue weighted by molar-refractivity contribution is 5.97. The lowest BCUT2D eigenvalue weighted by Gasteiger charge is -2.14. The fourth-order valence-corrected chi connectivity index (χ4v) is 1.27. The molecule has 1 aromatic rings. The summed E-state index contributed by atoms with van der Waals surface area (Å²) in [6, 6.07) is 5.14. The van der Waals surface area contributed by atoms with Crippen LogP contribution in [0.3, 0.4) is 0 Å². The number of hydrogen-bond acceptors (Lipinski definition) is 3. The van der Waals surface area contributed by atoms with Crippen LogP contribution in [0.25, 0.3) is 0 Å². The monoisotopic (exact) mass is 220 g/mol. The zero-order valence-electron chi connectivity index (χ0n) is 9.82. The van der Waals surface area contributed by atoms with Crippen LogP contribution in [0.1, 0.15) is 24.2 Å². The minimum atomic E-state index is -0.148. The van der Waals surface area contributed by atoms with E-state index < -0.39 is 0 Å². The smallest absolute Gasteiger partial charge is 0.163 e. The van der Waals surface area contributed by atoms with Crippen molar-refractivity contribution < 1.29 is 14.3 Å². The van der Waals surface area contributed by atoms with Crippen molar-refractivity contribution in [3.8, 4) is 11.5 Å². The van der Waals surface area contributed by atoms with Crippen LogP contribution in [-0.2, 0) is 0 Å². The summed E-state index contributed by atoms with van der Waals surface area (Å²) < 4.78 is 10.7. The lowest BCUT2D eigenvalue weighted by atomic mass is 10.1. The summed E-state index contributed by atoms with van der Waals surface area (Å²) in [5, 5.41) is 0. The molecule has 0 aliphatic rings. The van der Waals surface area contributed by atoms with Crippen LogP contribution in [0.5, 0.6) is 11.5 Å². The first kappa shape index (κ1) is 12.3. The zero-order valence-corrected chi connectivity index (χ0v) is 9.82. The van der Waals surface area contributed by atoms with Gasteiger partial charge in [-0.25, -0.2) is 0 Å². The van der Waals surface area contributed by atoms with E-state index in [1.165, 1.54) is 6.92 Å². The normalized spacial score (nSPS) is 11.7. The molecule has 1 aromatic carbocycles. The molecule has 0 amide bonds. The Kier molecular flexibility index (Phi) is 4.11. The molecule has 0 spiro atoms. The Morgan fingerprint density at radius 2 is 2.19 bits per heavy atom. The second kappa shape index (κ2) is 5.35. The van der Waals surface area contributed by atoms with Crippen molar-refractivity contribution in [3.63, 3.8) is 0 Å². The summed E-state index contributed by atoms with van der Waals surface area (Å²) in [6.07, 6.45) is 1.52. The third-order valence-corrected chi connectivity index (χ3v) is 2.21. The molecule has 0 N–H and O–H groups in total. The van der Waals surface area contributed by atoms with E-state index in [-0.39, 0.29) is 11.9 Å². The van der Waals surface area contributed by atoms with Gasteiger partial charge in [0, 0.05) is 6.07 Å². The molecular weight excluding hydrogens is 204 g/mol. The van der Waals surface area contributed by atoms with Crippen LogP contribution in [0.15, 0.2) is 30.9 Å². The summed E-state index contributed by atoms with van der Waals surface area (Å²) in [6.45, 7) is 7.00. The lowest BCUT2D eigenvalue weighted by molar-refractivity contribution is 0.101. The van der Waals surface area contributed by atoms with Gasteiger partial charge in [0.2, 0.25) is 0 Å². The third-order valence-electron chi connectivity index (χ3n) is 2.21. The van der Waals surface area contributed by atoms with Crippen LogP contribution in [0.4, 0.5) is 0 Å². The highest BCUT2D eigenvalue weighted by atomic mass is 16.5. The Morgan fingerprint density at radius 3 is 2.69 bits per heavy atom. The Balaban J connectivity index is 3.09. The van der Waals surface area contributed by atoms with Gasteiger partial charge in [0.1, 0.15) is 17.6 Å². The first-order valence-electron chi connectivity index (χ1n) is 5.06. The Bertz CT molecular complexity index is 396. The van der Waals surface area contributed by atoms with Crippen molar-refractivity contribution >= 4 is 5.78 Å². The number of carbonyl (C=O) groups is 1. The van der Waals surface area contributed by atoms with Gasteiger partial charge in [-0.05, 0) is 26.0 Å². The fraction of sp³-hybridized carbons (Fsp3) is 0.308. The van der Waals surface area contributed by atoms with E-state index in [1.807, 2.05) is 6.92 Å². The SMILES string of the molecule is C=CC(C)Oc1cc(OC)ccc1C(C)=O. The Labute approximate surface area is 95.7 Å². The number of ether oxygens (including phenoxy) is 2. The van der Waals surface area contributed by atoms with Gasteiger partial charge in [0.15, 0.2) is 5.78 Å². The fourth-order valence-electron chi connectivity index (χ4n) is 1.27. The highest BCUT2D eigenvalue weighted by Crippen LogP contribution is 2.26. The molecule has 0 radical (unpaired) electrons. The number of ketones is 1. The van der Waals surface area contributed by atoms with Crippen molar-refractivity contribution in [2.45, 2.75) is 20.0 Å². The third kappa shape index (κ3) is 2.86. The maximum Gasteiger partial charge on any atom is 0.163 e. The van der Waals surface area contributed by atoms with Crippen LogP contribution in [0.2, 0.25) is 0 Å². The first-order chi connectivity index (χ1) is 7.58. The molecule has 1 unspecified atom stereocenters. The van der Waals surface area contributed by atoms with Gasteiger partial charge in [-0.2, -0.15) is 0 Å². The molecule has 16 heavy (non-hydrogen) atoms. The molecular formula is C13H16O3. The second-order valence-electron chi connectivity index (χ2n) is 3.48. The number of benzene rings is 1. The maximum absolute atomic E-state index is 11.4. The van der Waals surface area contributed by atoms with E-state index in [1.54, 1.807) is 31.4 Å². The zero-order chi connectivity index (χ0) is 12.1. The van der Waals surface area contributed by atoms with Crippen LogP contribution in [-0.4, -0.2) is 19.0 Å². The Morgan fingerprint density at radius 1 is 1.50 bits per heavy atom. The average Bonchev–Trinajstić information content (AvgIpc) is 2.28. The van der Waals surface area contributed by atoms with Crippen LogP contribution in [0, 0.1) is 0 Å². The van der Waals surface area contributed by atoms with Gasteiger partial charge in [-0.15, -0.1) is 0 Å². The molecule has 86 valence electrons. The molecule has 0 fully saturated rings. The number of Topliss-reactive ketones (excluding diaryl/α,β-unsaturated/α-hetero) is 1.